The molecule has 0 unspecified atom stereocenters. The average Bonchev–Trinajstić information content (AvgIpc) is 3.26. The number of sulfone groups is 1. The van der Waals surface area contributed by atoms with Crippen molar-refractivity contribution in [3.8, 4) is 0 Å². The lowest BCUT2D eigenvalue weighted by atomic mass is 10.1. The van der Waals surface area contributed by atoms with Crippen LogP contribution in [-0.2, 0) is 30.4 Å². The van der Waals surface area contributed by atoms with Crippen molar-refractivity contribution in [2.75, 3.05) is 11.5 Å². The van der Waals surface area contributed by atoms with Gasteiger partial charge in [0, 0.05) is 0 Å². The van der Waals surface area contributed by atoms with Gasteiger partial charge < -0.3 is 9.73 Å². The first-order valence-corrected chi connectivity index (χ1v) is 14.5. The molecule has 35 heavy (non-hydrogen) atoms. The summed E-state index contributed by atoms with van der Waals surface area (Å²) in [4.78, 5) is 30.1. The quantitative estimate of drug-likeness (QED) is 0.342. The van der Waals surface area contributed by atoms with E-state index in [4.69, 9.17) is 4.42 Å². The molecule has 188 valence electrons. The fourth-order valence-electron chi connectivity index (χ4n) is 3.36. The van der Waals surface area contributed by atoms with Crippen LogP contribution >= 0.6 is 0 Å². The largest absolute Gasteiger partial charge is 0.434 e. The number of oxazole rings is 1. The van der Waals surface area contributed by atoms with Crippen molar-refractivity contribution in [2.24, 2.45) is 0 Å². The number of amides is 1. The van der Waals surface area contributed by atoms with Crippen LogP contribution in [0.4, 0.5) is 0 Å². The first-order valence-electron chi connectivity index (χ1n) is 11.0. The maximum atomic E-state index is 13.0. The second kappa shape index (κ2) is 11.1. The average molecular weight is 522 g/mol. The van der Waals surface area contributed by atoms with Crippen LogP contribution in [0.3, 0.4) is 0 Å². The Labute approximate surface area is 204 Å². The number of hydrogen-bond acceptors (Lipinski definition) is 8. The maximum Gasteiger partial charge on any atom is 0.266 e. The van der Waals surface area contributed by atoms with E-state index in [1.807, 2.05) is 0 Å². The lowest BCUT2D eigenvalue weighted by Gasteiger charge is -2.21. The molecule has 2 aromatic carbocycles. The molecule has 0 aliphatic rings. The van der Waals surface area contributed by atoms with E-state index in [1.54, 1.807) is 61.5 Å². The Kier molecular flexibility index (Phi) is 8.41. The number of ketones is 1. The fourth-order valence-corrected chi connectivity index (χ4v) is 5.81. The molecule has 1 heterocycles. The van der Waals surface area contributed by atoms with Crippen LogP contribution in [0.25, 0.3) is 11.1 Å². The summed E-state index contributed by atoms with van der Waals surface area (Å²) < 4.78 is 57.6. The molecule has 0 saturated heterocycles. The van der Waals surface area contributed by atoms with Crippen LogP contribution < -0.4 is 10.0 Å². The molecule has 1 aromatic heterocycles. The minimum absolute atomic E-state index is 0.146. The topological polar surface area (TPSA) is 153 Å². The van der Waals surface area contributed by atoms with E-state index in [1.165, 1.54) is 6.92 Å². The van der Waals surface area contributed by atoms with E-state index in [0.717, 1.165) is 0 Å². The molecule has 3 aromatic rings. The summed E-state index contributed by atoms with van der Waals surface area (Å²) in [5, 5.41) is 2.46. The highest BCUT2D eigenvalue weighted by Gasteiger charge is 2.33. The molecule has 10 nitrogen and oxygen atoms in total. The molecular formula is C23H27N3O7S2. The summed E-state index contributed by atoms with van der Waals surface area (Å²) >= 11 is 0. The minimum atomic E-state index is -3.93. The summed E-state index contributed by atoms with van der Waals surface area (Å²) in [6.07, 6.45) is 0.146. The van der Waals surface area contributed by atoms with Crippen molar-refractivity contribution in [1.29, 1.82) is 0 Å². The second-order valence-electron chi connectivity index (χ2n) is 7.93. The van der Waals surface area contributed by atoms with Crippen molar-refractivity contribution < 1.29 is 30.8 Å². The molecule has 2 N–H and O–H groups in total. The number of rotatable bonds is 12. The van der Waals surface area contributed by atoms with Gasteiger partial charge in [-0.1, -0.05) is 49.4 Å². The molecule has 0 aliphatic carbocycles. The van der Waals surface area contributed by atoms with E-state index >= 15 is 0 Å². The van der Waals surface area contributed by atoms with Gasteiger partial charge in [-0.25, -0.2) is 26.5 Å². The summed E-state index contributed by atoms with van der Waals surface area (Å²) in [6, 6.07) is 12.4. The molecule has 0 fully saturated rings. The Bertz CT molecular complexity index is 1370. The van der Waals surface area contributed by atoms with E-state index in [2.05, 4.69) is 15.0 Å². The first-order chi connectivity index (χ1) is 16.5. The number of aromatic nitrogens is 1. The van der Waals surface area contributed by atoms with Gasteiger partial charge in [0.2, 0.25) is 21.7 Å². The number of nitrogens with one attached hydrogen (secondary N) is 2. The Hall–Kier alpha value is -3.09. The van der Waals surface area contributed by atoms with Crippen LogP contribution in [0.1, 0.15) is 36.5 Å². The zero-order chi connectivity index (χ0) is 25.6. The number of nitrogens with zero attached hydrogens (tertiary/aromatic N) is 1. The molecule has 0 saturated carbocycles. The van der Waals surface area contributed by atoms with Gasteiger partial charge in [-0.3, -0.25) is 9.59 Å². The normalized spacial score (nSPS) is 13.9. The highest BCUT2D eigenvalue weighted by Crippen LogP contribution is 2.17. The SMILES string of the molecule is CC[C@H](NC(=O)[C@H](CS(=O)(=O)Cc1ccccc1)NS(=O)(=O)CC)C(=O)c1nc2ccccc2o1. The molecule has 2 atom stereocenters. The lowest BCUT2D eigenvalue weighted by Crippen LogP contribution is -2.54. The van der Waals surface area contributed by atoms with Gasteiger partial charge in [0.1, 0.15) is 11.6 Å². The van der Waals surface area contributed by atoms with Crippen LogP contribution in [0.2, 0.25) is 0 Å². The molecule has 3 rings (SSSR count). The highest BCUT2D eigenvalue weighted by atomic mass is 32.2. The Morgan fingerprint density at radius 1 is 0.943 bits per heavy atom. The molecule has 1 amide bonds. The predicted molar refractivity (Wildman–Crippen MR) is 131 cm³/mol. The lowest BCUT2D eigenvalue weighted by molar-refractivity contribution is -0.122. The fraction of sp³-hybridized carbons (Fsp3) is 0.348. The zero-order valence-electron chi connectivity index (χ0n) is 19.3. The number of carbonyl (C=O) groups is 2. The maximum absolute atomic E-state index is 13.0. The van der Waals surface area contributed by atoms with Gasteiger partial charge in [-0.2, -0.15) is 0 Å². The smallest absolute Gasteiger partial charge is 0.266 e. The third-order valence-corrected chi connectivity index (χ3v) is 8.23. The van der Waals surface area contributed by atoms with E-state index < -0.39 is 49.4 Å². The minimum Gasteiger partial charge on any atom is -0.434 e. The van der Waals surface area contributed by atoms with Crippen molar-refractivity contribution in [3.63, 3.8) is 0 Å². The monoisotopic (exact) mass is 521 g/mol. The van der Waals surface area contributed by atoms with Gasteiger partial charge >= 0.3 is 0 Å². The van der Waals surface area contributed by atoms with Crippen LogP contribution in [-0.4, -0.2) is 57.1 Å². The molecule has 0 aliphatic heterocycles. The van der Waals surface area contributed by atoms with Crippen molar-refractivity contribution in [2.45, 2.75) is 38.1 Å². The number of para-hydroxylation sites is 2. The number of Topliss-reactive ketones (excluding diaryl/α,β-unsaturated/α-hetero) is 1. The Morgan fingerprint density at radius 2 is 1.60 bits per heavy atom. The summed E-state index contributed by atoms with van der Waals surface area (Å²) in [7, 11) is -7.83. The number of benzene rings is 2. The number of carbonyl (C=O) groups excluding carboxylic acids is 2. The molecule has 12 heteroatoms. The summed E-state index contributed by atoms with van der Waals surface area (Å²) in [5.41, 5.74) is 1.37. The van der Waals surface area contributed by atoms with Gasteiger partial charge in [-0.15, -0.1) is 0 Å². The zero-order valence-corrected chi connectivity index (χ0v) is 20.9. The van der Waals surface area contributed by atoms with Gasteiger partial charge in [0.25, 0.3) is 5.89 Å². The van der Waals surface area contributed by atoms with Crippen LogP contribution in [0, 0.1) is 0 Å². The standard InChI is InChI=1S/C23H27N3O7S2/c1-3-17(21(27)23-25-18-12-8-9-13-20(18)33-23)24-22(28)19(26-35(31,32)4-2)15-34(29,30)14-16-10-6-5-7-11-16/h5-13,17,19,26H,3-4,14-15H2,1-2H3,(H,24,28)/t17-,19-/m0/s1. The molecule has 0 bridgehead atoms. The molecular weight excluding hydrogens is 494 g/mol. The highest BCUT2D eigenvalue weighted by molar-refractivity contribution is 7.91. The van der Waals surface area contributed by atoms with E-state index in [0.29, 0.717) is 16.7 Å². The summed E-state index contributed by atoms with van der Waals surface area (Å²) in [5.74, 6) is -3.25. The van der Waals surface area contributed by atoms with Gasteiger partial charge in [0.15, 0.2) is 15.4 Å². The van der Waals surface area contributed by atoms with Crippen LogP contribution in [0.15, 0.2) is 59.0 Å². The van der Waals surface area contributed by atoms with Crippen molar-refractivity contribution in [3.05, 3.63) is 66.1 Å². The third-order valence-electron chi connectivity index (χ3n) is 5.21. The third kappa shape index (κ3) is 7.20. The Morgan fingerprint density at radius 3 is 2.23 bits per heavy atom. The second-order valence-corrected chi connectivity index (χ2v) is 12.1. The Balaban J connectivity index is 1.80. The molecule has 0 radical (unpaired) electrons. The molecule has 0 spiro atoms. The predicted octanol–water partition coefficient (Wildman–Crippen LogP) is 1.83. The van der Waals surface area contributed by atoms with Crippen molar-refractivity contribution >= 4 is 42.7 Å². The van der Waals surface area contributed by atoms with Crippen LogP contribution in [0.5, 0.6) is 0 Å². The first kappa shape index (κ1) is 26.5. The van der Waals surface area contributed by atoms with E-state index in [9.17, 15) is 26.4 Å². The number of sulfonamides is 1. The summed E-state index contributed by atoms with van der Waals surface area (Å²) in [6.45, 7) is 3.00. The van der Waals surface area contributed by atoms with E-state index in [-0.39, 0.29) is 23.8 Å². The van der Waals surface area contributed by atoms with Gasteiger partial charge in [-0.05, 0) is 31.0 Å². The number of fused-ring (bicyclic) bond motifs is 1. The van der Waals surface area contributed by atoms with Crippen molar-refractivity contribution in [1.82, 2.24) is 15.0 Å². The van der Waals surface area contributed by atoms with Gasteiger partial charge in [0.05, 0.1) is 23.3 Å². The number of hydrogen-bond donors (Lipinski definition) is 2.